The van der Waals surface area contributed by atoms with Crippen LogP contribution in [0.2, 0.25) is 0 Å². The molecular formula is C7H15N3O2. The highest BCUT2D eigenvalue weighted by molar-refractivity contribution is 5.83. The molecule has 0 bridgehead atoms. The highest BCUT2D eigenvalue weighted by Crippen LogP contribution is 1.73. The smallest absolute Gasteiger partial charge is 0.241 e. The Kier molecular flexibility index (Phi) is 6.00. The molecule has 0 aromatic heterocycles. The topological polar surface area (TPSA) is 76.7 Å². The lowest BCUT2D eigenvalue weighted by atomic mass is 10.5. The van der Waals surface area contributed by atoms with Crippen LogP contribution in [-0.4, -0.2) is 38.5 Å². The predicted octanol–water partition coefficient (Wildman–Crippen LogP) is -0.874. The number of aliphatic imine (C=N–C) groups is 1. The van der Waals surface area contributed by atoms with Crippen molar-refractivity contribution in [1.29, 1.82) is 0 Å². The summed E-state index contributed by atoms with van der Waals surface area (Å²) in [6.45, 7) is 2.75. The van der Waals surface area contributed by atoms with E-state index in [1.807, 2.05) is 0 Å². The molecule has 70 valence electrons. The maximum atomic E-state index is 10.9. The first-order chi connectivity index (χ1) is 5.66. The van der Waals surface area contributed by atoms with Gasteiger partial charge in [0.15, 0.2) is 0 Å². The van der Waals surface area contributed by atoms with Gasteiger partial charge in [-0.25, -0.2) is 0 Å². The van der Waals surface area contributed by atoms with E-state index < -0.39 is 0 Å². The molecule has 5 heteroatoms. The van der Waals surface area contributed by atoms with E-state index in [0.717, 1.165) is 0 Å². The maximum Gasteiger partial charge on any atom is 0.241 e. The van der Waals surface area contributed by atoms with E-state index in [9.17, 15) is 4.79 Å². The fourth-order valence-electron chi connectivity index (χ4n) is 0.545. The number of nitrogens with one attached hydrogen (secondary N) is 1. The second kappa shape index (κ2) is 6.60. The van der Waals surface area contributed by atoms with E-state index in [-0.39, 0.29) is 12.5 Å². The van der Waals surface area contributed by atoms with Crippen LogP contribution in [0.1, 0.15) is 6.92 Å². The Hall–Kier alpha value is -1.10. The molecule has 0 fully saturated rings. The Balaban J connectivity index is 3.41. The summed E-state index contributed by atoms with van der Waals surface area (Å²) < 4.78 is 4.74. The number of nitrogens with two attached hydrogens (primary N) is 1. The molecule has 0 saturated carbocycles. The molecule has 0 aliphatic heterocycles. The van der Waals surface area contributed by atoms with Gasteiger partial charge in [-0.15, -0.1) is 0 Å². The number of nitrogens with zero attached hydrogens (tertiary/aromatic N) is 1. The van der Waals surface area contributed by atoms with Crippen LogP contribution in [0.4, 0.5) is 0 Å². The Bertz CT molecular complexity index is 164. The largest absolute Gasteiger partial charge is 0.388 e. The maximum absolute atomic E-state index is 10.9. The number of ether oxygens (including phenoxy) is 1. The third kappa shape index (κ3) is 7.01. The SMILES string of the molecule is COCCNC(=O)CN=C(C)N. The molecule has 0 atom stereocenters. The molecule has 3 N–H and O–H groups in total. The lowest BCUT2D eigenvalue weighted by Gasteiger charge is -2.01. The highest BCUT2D eigenvalue weighted by atomic mass is 16.5. The molecule has 0 aromatic carbocycles. The van der Waals surface area contributed by atoms with E-state index >= 15 is 0 Å². The third-order valence-corrected chi connectivity index (χ3v) is 1.10. The molecule has 0 aliphatic rings. The second-order valence-corrected chi connectivity index (χ2v) is 2.30. The van der Waals surface area contributed by atoms with E-state index in [1.54, 1.807) is 14.0 Å². The van der Waals surface area contributed by atoms with Crippen LogP contribution in [0, 0.1) is 0 Å². The number of methoxy groups -OCH3 is 1. The Labute approximate surface area is 72.0 Å². The first-order valence-electron chi connectivity index (χ1n) is 3.69. The average molecular weight is 173 g/mol. The van der Waals surface area contributed by atoms with Gasteiger partial charge >= 0.3 is 0 Å². The normalized spacial score (nSPS) is 11.3. The van der Waals surface area contributed by atoms with Gasteiger partial charge in [0.1, 0.15) is 6.54 Å². The van der Waals surface area contributed by atoms with Crippen molar-refractivity contribution in [3.8, 4) is 0 Å². The lowest BCUT2D eigenvalue weighted by Crippen LogP contribution is -2.29. The summed E-state index contributed by atoms with van der Waals surface area (Å²) in [5.41, 5.74) is 5.24. The van der Waals surface area contributed by atoms with Crippen LogP contribution >= 0.6 is 0 Å². The number of rotatable bonds is 5. The molecule has 0 aliphatic carbocycles. The summed E-state index contributed by atoms with van der Waals surface area (Å²) in [7, 11) is 1.58. The molecule has 0 radical (unpaired) electrons. The van der Waals surface area contributed by atoms with Crippen molar-refractivity contribution in [2.24, 2.45) is 10.7 Å². The van der Waals surface area contributed by atoms with Gasteiger partial charge in [-0.2, -0.15) is 0 Å². The molecule has 5 nitrogen and oxygen atoms in total. The van der Waals surface area contributed by atoms with Crippen LogP contribution in [0.15, 0.2) is 4.99 Å². The van der Waals surface area contributed by atoms with Gasteiger partial charge in [-0.05, 0) is 6.92 Å². The second-order valence-electron chi connectivity index (χ2n) is 2.30. The van der Waals surface area contributed by atoms with Gasteiger partial charge in [0.25, 0.3) is 0 Å². The zero-order chi connectivity index (χ0) is 9.40. The molecule has 0 heterocycles. The number of amides is 1. The zero-order valence-electron chi connectivity index (χ0n) is 7.46. The van der Waals surface area contributed by atoms with Crippen LogP contribution in [-0.2, 0) is 9.53 Å². The van der Waals surface area contributed by atoms with Crippen molar-refractivity contribution >= 4 is 11.7 Å². The molecule has 12 heavy (non-hydrogen) atoms. The van der Waals surface area contributed by atoms with Crippen molar-refractivity contribution in [2.45, 2.75) is 6.92 Å². The van der Waals surface area contributed by atoms with Crippen molar-refractivity contribution in [1.82, 2.24) is 5.32 Å². The van der Waals surface area contributed by atoms with Gasteiger partial charge in [-0.3, -0.25) is 9.79 Å². The lowest BCUT2D eigenvalue weighted by molar-refractivity contribution is -0.119. The van der Waals surface area contributed by atoms with Crippen LogP contribution in [0.5, 0.6) is 0 Å². The number of carbonyl (C=O) groups excluding carboxylic acids is 1. The minimum absolute atomic E-state index is 0.0893. The molecule has 0 aromatic rings. The van der Waals surface area contributed by atoms with Crippen molar-refractivity contribution in [2.75, 3.05) is 26.8 Å². The van der Waals surface area contributed by atoms with E-state index in [0.29, 0.717) is 19.0 Å². The van der Waals surface area contributed by atoms with Crippen molar-refractivity contribution in [3.63, 3.8) is 0 Å². The summed E-state index contributed by atoms with van der Waals surface area (Å²) in [5, 5.41) is 2.61. The van der Waals surface area contributed by atoms with Gasteiger partial charge in [-0.1, -0.05) is 0 Å². The minimum atomic E-state index is -0.142. The fraction of sp³-hybridized carbons (Fsp3) is 0.714. The fourth-order valence-corrected chi connectivity index (χ4v) is 0.545. The van der Waals surface area contributed by atoms with E-state index in [2.05, 4.69) is 10.3 Å². The quantitative estimate of drug-likeness (QED) is 0.322. The number of amidine groups is 1. The standard InChI is InChI=1S/C7H15N3O2/c1-6(8)10-5-7(11)9-3-4-12-2/h3-5H2,1-2H3,(H2,8,10)(H,9,11). The number of hydrogen-bond acceptors (Lipinski definition) is 3. The van der Waals surface area contributed by atoms with Crippen molar-refractivity contribution in [3.05, 3.63) is 0 Å². The number of carbonyl (C=O) groups is 1. The summed E-state index contributed by atoms with van der Waals surface area (Å²) in [5.74, 6) is 0.272. The highest BCUT2D eigenvalue weighted by Gasteiger charge is 1.96. The predicted molar refractivity (Wildman–Crippen MR) is 47.0 cm³/mol. The molecule has 0 unspecified atom stereocenters. The molecule has 1 amide bonds. The third-order valence-electron chi connectivity index (χ3n) is 1.10. The minimum Gasteiger partial charge on any atom is -0.388 e. The average Bonchev–Trinajstić information content (AvgIpc) is 2.01. The number of hydrogen-bond donors (Lipinski definition) is 2. The van der Waals surface area contributed by atoms with Crippen LogP contribution in [0.3, 0.4) is 0 Å². The van der Waals surface area contributed by atoms with Gasteiger partial charge in [0, 0.05) is 13.7 Å². The zero-order valence-corrected chi connectivity index (χ0v) is 7.46. The van der Waals surface area contributed by atoms with Crippen LogP contribution < -0.4 is 11.1 Å². The van der Waals surface area contributed by atoms with Crippen molar-refractivity contribution < 1.29 is 9.53 Å². The van der Waals surface area contributed by atoms with E-state index in [1.165, 1.54) is 0 Å². The monoisotopic (exact) mass is 173 g/mol. The summed E-state index contributed by atoms with van der Waals surface area (Å²) in [6, 6.07) is 0. The Morgan fingerprint density at radius 2 is 2.33 bits per heavy atom. The van der Waals surface area contributed by atoms with Gasteiger partial charge in [0.2, 0.25) is 5.91 Å². The van der Waals surface area contributed by atoms with Crippen LogP contribution in [0.25, 0.3) is 0 Å². The summed E-state index contributed by atoms with van der Waals surface area (Å²) in [4.78, 5) is 14.6. The molecule has 0 saturated heterocycles. The Morgan fingerprint density at radius 3 is 2.83 bits per heavy atom. The summed E-state index contributed by atoms with van der Waals surface area (Å²) in [6.07, 6.45) is 0. The van der Waals surface area contributed by atoms with Gasteiger partial charge < -0.3 is 15.8 Å². The first kappa shape index (κ1) is 10.9. The molecule has 0 spiro atoms. The molecule has 0 rings (SSSR count). The Morgan fingerprint density at radius 1 is 1.67 bits per heavy atom. The summed E-state index contributed by atoms with van der Waals surface area (Å²) >= 11 is 0. The van der Waals surface area contributed by atoms with E-state index in [4.69, 9.17) is 10.5 Å². The first-order valence-corrected chi connectivity index (χ1v) is 3.69. The van der Waals surface area contributed by atoms with Gasteiger partial charge in [0.05, 0.1) is 12.4 Å². The molecular weight excluding hydrogens is 158 g/mol.